The zero-order valence-electron chi connectivity index (χ0n) is 17.9. The maximum atomic E-state index is 6.13. The van der Waals surface area contributed by atoms with Crippen LogP contribution in [-0.4, -0.2) is 54.3 Å². The van der Waals surface area contributed by atoms with E-state index >= 15 is 0 Å². The number of piperidine rings is 1. The molecule has 0 aliphatic carbocycles. The van der Waals surface area contributed by atoms with E-state index in [0.717, 1.165) is 33.7 Å². The molecule has 0 unspecified atom stereocenters. The first kappa shape index (κ1) is 20.5. The number of hydrogen-bond acceptors (Lipinski definition) is 9. The second-order valence-electron chi connectivity index (χ2n) is 7.86. The van der Waals surface area contributed by atoms with E-state index in [9.17, 15) is 0 Å². The van der Waals surface area contributed by atoms with Gasteiger partial charge >= 0.3 is 0 Å². The van der Waals surface area contributed by atoms with Crippen LogP contribution >= 0.6 is 11.3 Å². The van der Waals surface area contributed by atoms with Gasteiger partial charge in [-0.3, -0.25) is 9.88 Å². The molecule has 5 heterocycles. The molecule has 32 heavy (non-hydrogen) atoms. The Kier molecular flexibility index (Phi) is 5.78. The van der Waals surface area contributed by atoms with Crippen molar-refractivity contribution in [1.82, 2.24) is 34.6 Å². The Morgan fingerprint density at radius 2 is 2.03 bits per heavy atom. The molecular weight excluding hydrogens is 422 g/mol. The molecule has 1 aliphatic rings. The molecule has 0 atom stereocenters. The molecule has 0 bridgehead atoms. The van der Waals surface area contributed by atoms with Gasteiger partial charge in [-0.1, -0.05) is 12.5 Å². The van der Waals surface area contributed by atoms with Gasteiger partial charge in [0.1, 0.15) is 6.33 Å². The molecule has 0 aromatic carbocycles. The summed E-state index contributed by atoms with van der Waals surface area (Å²) in [5, 5.41) is 9.71. The van der Waals surface area contributed by atoms with Gasteiger partial charge in [0.25, 0.3) is 0 Å². The summed E-state index contributed by atoms with van der Waals surface area (Å²) in [7, 11) is 0. The quantitative estimate of drug-likeness (QED) is 0.459. The number of fused-ring (bicyclic) bond motifs is 1. The SMILES string of the molecule is Cc1csc2c(-n3nc(Nc4ccc(C=CCN5CCCCC5)nc4)nc3N)ncnc12. The fourth-order valence-electron chi connectivity index (χ4n) is 3.81. The lowest BCUT2D eigenvalue weighted by molar-refractivity contribution is 0.252. The summed E-state index contributed by atoms with van der Waals surface area (Å²) in [6, 6.07) is 3.92. The fourth-order valence-corrected chi connectivity index (χ4v) is 4.79. The number of nitrogen functional groups attached to an aromatic ring is 1. The molecular formula is C22H25N9S. The topological polar surface area (TPSA) is 111 Å². The number of nitrogens with zero attached hydrogens (tertiary/aromatic N) is 7. The van der Waals surface area contributed by atoms with E-state index in [-0.39, 0.29) is 5.95 Å². The maximum absolute atomic E-state index is 6.13. The van der Waals surface area contributed by atoms with Crippen LogP contribution < -0.4 is 11.1 Å². The number of nitrogens with one attached hydrogen (secondary N) is 1. The first-order valence-electron chi connectivity index (χ1n) is 10.7. The lowest BCUT2D eigenvalue weighted by atomic mass is 10.1. The first-order valence-corrected chi connectivity index (χ1v) is 11.6. The van der Waals surface area contributed by atoms with Crippen LogP contribution in [0.2, 0.25) is 0 Å². The van der Waals surface area contributed by atoms with Crippen LogP contribution in [0.1, 0.15) is 30.5 Å². The summed E-state index contributed by atoms with van der Waals surface area (Å²) in [5.41, 5.74) is 9.84. The van der Waals surface area contributed by atoms with Gasteiger partial charge in [-0.2, -0.15) is 9.67 Å². The highest BCUT2D eigenvalue weighted by molar-refractivity contribution is 7.17. The largest absolute Gasteiger partial charge is 0.368 e. The van der Waals surface area contributed by atoms with E-state index in [0.29, 0.717) is 11.8 Å². The molecule has 3 N–H and O–H groups in total. The van der Waals surface area contributed by atoms with E-state index in [1.165, 1.54) is 43.4 Å². The Balaban J connectivity index is 1.27. The van der Waals surface area contributed by atoms with E-state index in [4.69, 9.17) is 5.73 Å². The smallest absolute Gasteiger partial charge is 0.248 e. The Morgan fingerprint density at radius 3 is 2.84 bits per heavy atom. The zero-order valence-corrected chi connectivity index (χ0v) is 18.7. The van der Waals surface area contributed by atoms with Gasteiger partial charge in [0.2, 0.25) is 11.9 Å². The van der Waals surface area contributed by atoms with Crippen molar-refractivity contribution in [2.24, 2.45) is 0 Å². The third kappa shape index (κ3) is 4.32. The van der Waals surface area contributed by atoms with Crippen LogP contribution in [0.15, 0.2) is 36.1 Å². The van der Waals surface area contributed by atoms with Crippen molar-refractivity contribution in [3.05, 3.63) is 47.4 Å². The van der Waals surface area contributed by atoms with Crippen molar-refractivity contribution in [2.45, 2.75) is 26.2 Å². The van der Waals surface area contributed by atoms with Crippen molar-refractivity contribution in [3.63, 3.8) is 0 Å². The van der Waals surface area contributed by atoms with Gasteiger partial charge in [-0.25, -0.2) is 9.97 Å². The Hall–Kier alpha value is -3.37. The van der Waals surface area contributed by atoms with Gasteiger partial charge in [0.05, 0.1) is 27.8 Å². The van der Waals surface area contributed by atoms with Crippen LogP contribution in [0, 0.1) is 6.92 Å². The average molecular weight is 448 g/mol. The summed E-state index contributed by atoms with van der Waals surface area (Å²) in [5.74, 6) is 1.26. The summed E-state index contributed by atoms with van der Waals surface area (Å²) < 4.78 is 2.46. The molecule has 10 heteroatoms. The lowest BCUT2D eigenvalue weighted by Gasteiger charge is -2.24. The van der Waals surface area contributed by atoms with E-state index < -0.39 is 0 Å². The molecule has 0 spiro atoms. The zero-order chi connectivity index (χ0) is 21.9. The number of thiophene rings is 1. The summed E-state index contributed by atoms with van der Waals surface area (Å²) in [4.78, 5) is 20.0. The second kappa shape index (κ2) is 9.01. The molecule has 1 saturated heterocycles. The van der Waals surface area contributed by atoms with E-state index in [2.05, 4.69) is 47.4 Å². The summed E-state index contributed by atoms with van der Waals surface area (Å²) in [6.45, 7) is 5.38. The van der Waals surface area contributed by atoms with Crippen LogP contribution in [0.4, 0.5) is 17.6 Å². The molecule has 4 aromatic heterocycles. The number of likely N-dealkylation sites (tertiary alicyclic amines) is 1. The lowest BCUT2D eigenvalue weighted by Crippen LogP contribution is -2.29. The van der Waals surface area contributed by atoms with Crippen LogP contribution in [0.3, 0.4) is 0 Å². The predicted octanol–water partition coefficient (Wildman–Crippen LogP) is 3.80. The minimum Gasteiger partial charge on any atom is -0.368 e. The van der Waals surface area contributed by atoms with E-state index in [1.54, 1.807) is 17.5 Å². The van der Waals surface area contributed by atoms with Crippen molar-refractivity contribution in [2.75, 3.05) is 30.7 Å². The minimum atomic E-state index is 0.253. The van der Waals surface area contributed by atoms with Gasteiger partial charge in [0, 0.05) is 6.54 Å². The number of hydrogen-bond donors (Lipinski definition) is 2. The Bertz CT molecular complexity index is 1240. The van der Waals surface area contributed by atoms with Crippen molar-refractivity contribution >= 4 is 45.2 Å². The van der Waals surface area contributed by atoms with E-state index in [1.807, 2.05) is 24.4 Å². The van der Waals surface area contributed by atoms with Crippen molar-refractivity contribution in [1.29, 1.82) is 0 Å². The number of rotatable bonds is 6. The normalized spacial score (nSPS) is 15.0. The molecule has 4 aromatic rings. The number of nitrogens with two attached hydrogens (primary N) is 1. The predicted molar refractivity (Wildman–Crippen MR) is 128 cm³/mol. The minimum absolute atomic E-state index is 0.253. The van der Waals surface area contributed by atoms with Crippen LogP contribution in [-0.2, 0) is 0 Å². The maximum Gasteiger partial charge on any atom is 0.248 e. The van der Waals surface area contributed by atoms with Gasteiger partial charge in [0.15, 0.2) is 5.82 Å². The first-order chi connectivity index (χ1) is 15.7. The highest BCUT2D eigenvalue weighted by Gasteiger charge is 2.15. The summed E-state index contributed by atoms with van der Waals surface area (Å²) in [6.07, 6.45) is 11.5. The van der Waals surface area contributed by atoms with Gasteiger partial charge in [-0.05, 0) is 62.0 Å². The molecule has 1 fully saturated rings. The molecule has 0 radical (unpaired) electrons. The molecule has 164 valence electrons. The molecule has 0 saturated carbocycles. The number of anilines is 3. The average Bonchev–Trinajstić information content (AvgIpc) is 3.38. The molecule has 1 aliphatic heterocycles. The number of pyridine rings is 1. The van der Waals surface area contributed by atoms with Crippen LogP contribution in [0.5, 0.6) is 0 Å². The molecule has 5 rings (SSSR count). The number of aromatic nitrogens is 6. The third-order valence-corrected chi connectivity index (χ3v) is 6.57. The highest BCUT2D eigenvalue weighted by Crippen LogP contribution is 2.28. The Morgan fingerprint density at radius 1 is 1.16 bits per heavy atom. The fraction of sp³-hybridized carbons (Fsp3) is 0.318. The van der Waals surface area contributed by atoms with Gasteiger partial charge in [-0.15, -0.1) is 16.4 Å². The van der Waals surface area contributed by atoms with Gasteiger partial charge < -0.3 is 11.1 Å². The Labute approximate surface area is 190 Å². The highest BCUT2D eigenvalue weighted by atomic mass is 32.1. The van der Waals surface area contributed by atoms with Crippen molar-refractivity contribution < 1.29 is 0 Å². The molecule has 9 nitrogen and oxygen atoms in total. The third-order valence-electron chi connectivity index (χ3n) is 5.49. The van der Waals surface area contributed by atoms with Crippen molar-refractivity contribution in [3.8, 4) is 5.82 Å². The summed E-state index contributed by atoms with van der Waals surface area (Å²) >= 11 is 1.57. The molecule has 0 amide bonds. The second-order valence-corrected chi connectivity index (χ2v) is 8.74. The van der Waals surface area contributed by atoms with Crippen LogP contribution in [0.25, 0.3) is 22.1 Å². The standard InChI is InChI=1S/C22H25N9S/c1-15-13-32-19-18(15)25-14-26-20(19)31-21(23)28-22(29-31)27-17-8-7-16(24-12-17)6-5-11-30-9-3-2-4-10-30/h5-8,12-14H,2-4,9-11H2,1H3,(H3,23,27,28,29). The number of aryl methyl sites for hydroxylation is 1. The monoisotopic (exact) mass is 447 g/mol.